The standard InChI is InChI=1S/C17H21NO/c1-14-7-5-9-16(13-14)19-12-6-11-18-17-10-4-3-8-15(17)2/h3-5,7-10,13,18H,6,11-12H2,1-2H3. The number of nitrogens with one attached hydrogen (secondary N) is 1. The maximum absolute atomic E-state index is 5.72. The number of ether oxygens (including phenoxy) is 1. The second-order valence-corrected chi connectivity index (χ2v) is 4.76. The first-order chi connectivity index (χ1) is 9.25. The van der Waals surface area contributed by atoms with Crippen molar-refractivity contribution in [1.29, 1.82) is 0 Å². The van der Waals surface area contributed by atoms with Crippen LogP contribution in [0, 0.1) is 13.8 Å². The van der Waals surface area contributed by atoms with Gasteiger partial charge in [-0.2, -0.15) is 0 Å². The Kier molecular flexibility index (Phi) is 4.85. The summed E-state index contributed by atoms with van der Waals surface area (Å²) in [7, 11) is 0. The summed E-state index contributed by atoms with van der Waals surface area (Å²) >= 11 is 0. The lowest BCUT2D eigenvalue weighted by molar-refractivity contribution is 0.315. The summed E-state index contributed by atoms with van der Waals surface area (Å²) in [5.41, 5.74) is 3.72. The van der Waals surface area contributed by atoms with Crippen LogP contribution in [0.15, 0.2) is 48.5 Å². The van der Waals surface area contributed by atoms with Crippen molar-refractivity contribution in [3.63, 3.8) is 0 Å². The van der Waals surface area contributed by atoms with Crippen LogP contribution in [-0.2, 0) is 0 Å². The van der Waals surface area contributed by atoms with Gasteiger partial charge >= 0.3 is 0 Å². The quantitative estimate of drug-likeness (QED) is 0.782. The largest absolute Gasteiger partial charge is 0.494 e. The smallest absolute Gasteiger partial charge is 0.119 e. The molecule has 2 rings (SSSR count). The van der Waals surface area contributed by atoms with E-state index >= 15 is 0 Å². The highest BCUT2D eigenvalue weighted by Crippen LogP contribution is 2.14. The third kappa shape index (κ3) is 4.32. The summed E-state index contributed by atoms with van der Waals surface area (Å²) in [5.74, 6) is 0.955. The fraction of sp³-hybridized carbons (Fsp3) is 0.294. The lowest BCUT2D eigenvalue weighted by Gasteiger charge is -2.10. The zero-order chi connectivity index (χ0) is 13.5. The van der Waals surface area contributed by atoms with Gasteiger partial charge in [-0.1, -0.05) is 30.3 Å². The number of benzene rings is 2. The maximum atomic E-state index is 5.72. The van der Waals surface area contributed by atoms with Crippen molar-refractivity contribution in [2.75, 3.05) is 18.5 Å². The van der Waals surface area contributed by atoms with Crippen molar-refractivity contribution in [2.24, 2.45) is 0 Å². The molecule has 0 bridgehead atoms. The van der Waals surface area contributed by atoms with E-state index in [0.717, 1.165) is 25.3 Å². The molecule has 19 heavy (non-hydrogen) atoms. The average molecular weight is 255 g/mol. The molecule has 2 heteroatoms. The molecule has 0 aliphatic rings. The molecule has 0 amide bonds. The zero-order valence-corrected chi connectivity index (χ0v) is 11.6. The van der Waals surface area contributed by atoms with E-state index in [1.54, 1.807) is 0 Å². The molecule has 0 fully saturated rings. The fourth-order valence-corrected chi connectivity index (χ4v) is 1.96. The van der Waals surface area contributed by atoms with Crippen molar-refractivity contribution in [1.82, 2.24) is 0 Å². The second-order valence-electron chi connectivity index (χ2n) is 4.76. The monoisotopic (exact) mass is 255 g/mol. The Morgan fingerprint density at radius 2 is 1.84 bits per heavy atom. The van der Waals surface area contributed by atoms with Crippen LogP contribution >= 0.6 is 0 Å². The molecule has 0 aliphatic carbocycles. The molecule has 100 valence electrons. The minimum Gasteiger partial charge on any atom is -0.494 e. The van der Waals surface area contributed by atoms with Crippen molar-refractivity contribution >= 4 is 5.69 Å². The lowest BCUT2D eigenvalue weighted by Crippen LogP contribution is -2.08. The van der Waals surface area contributed by atoms with Gasteiger partial charge in [-0.3, -0.25) is 0 Å². The summed E-state index contributed by atoms with van der Waals surface area (Å²) in [5, 5.41) is 3.43. The Labute approximate surface area is 115 Å². The average Bonchev–Trinajstić information content (AvgIpc) is 2.40. The highest BCUT2D eigenvalue weighted by atomic mass is 16.5. The van der Waals surface area contributed by atoms with Gasteiger partial charge in [0.2, 0.25) is 0 Å². The van der Waals surface area contributed by atoms with Crippen molar-refractivity contribution < 1.29 is 4.74 Å². The summed E-state index contributed by atoms with van der Waals surface area (Å²) in [6, 6.07) is 16.5. The van der Waals surface area contributed by atoms with E-state index in [9.17, 15) is 0 Å². The van der Waals surface area contributed by atoms with Gasteiger partial charge in [0.05, 0.1) is 6.61 Å². The first-order valence-corrected chi connectivity index (χ1v) is 6.75. The first-order valence-electron chi connectivity index (χ1n) is 6.75. The minimum atomic E-state index is 0.738. The molecule has 0 radical (unpaired) electrons. The summed E-state index contributed by atoms with van der Waals surface area (Å²) in [4.78, 5) is 0. The molecule has 1 N–H and O–H groups in total. The molecule has 2 nitrogen and oxygen atoms in total. The van der Waals surface area contributed by atoms with Crippen molar-refractivity contribution in [2.45, 2.75) is 20.3 Å². The Morgan fingerprint density at radius 1 is 1.00 bits per heavy atom. The van der Waals surface area contributed by atoms with Gasteiger partial charge in [-0.15, -0.1) is 0 Å². The van der Waals surface area contributed by atoms with Gasteiger partial charge in [-0.25, -0.2) is 0 Å². The molecule has 0 unspecified atom stereocenters. The molecule has 0 saturated carbocycles. The van der Waals surface area contributed by atoms with Gasteiger partial charge in [-0.05, 0) is 49.6 Å². The van der Waals surface area contributed by atoms with E-state index in [1.165, 1.54) is 16.8 Å². The molecule has 0 saturated heterocycles. The van der Waals surface area contributed by atoms with Crippen LogP contribution in [0.1, 0.15) is 17.5 Å². The Balaban J connectivity index is 1.69. The van der Waals surface area contributed by atoms with Crippen LogP contribution in [0.3, 0.4) is 0 Å². The number of aryl methyl sites for hydroxylation is 2. The Hall–Kier alpha value is -1.96. The van der Waals surface area contributed by atoms with Gasteiger partial charge < -0.3 is 10.1 Å². The van der Waals surface area contributed by atoms with Crippen LogP contribution in [0.5, 0.6) is 5.75 Å². The van der Waals surface area contributed by atoms with E-state index in [2.05, 4.69) is 55.6 Å². The lowest BCUT2D eigenvalue weighted by atomic mass is 10.2. The molecule has 0 spiro atoms. The summed E-state index contributed by atoms with van der Waals surface area (Å²) < 4.78 is 5.72. The van der Waals surface area contributed by atoms with Crippen LogP contribution in [-0.4, -0.2) is 13.2 Å². The van der Waals surface area contributed by atoms with Gasteiger partial charge in [0.1, 0.15) is 5.75 Å². The molecule has 0 aliphatic heterocycles. The van der Waals surface area contributed by atoms with E-state index in [1.807, 2.05) is 12.1 Å². The number of hydrogen-bond acceptors (Lipinski definition) is 2. The van der Waals surface area contributed by atoms with Gasteiger partial charge in [0, 0.05) is 12.2 Å². The SMILES string of the molecule is Cc1cccc(OCCCNc2ccccc2C)c1. The Morgan fingerprint density at radius 3 is 2.63 bits per heavy atom. The number of hydrogen-bond donors (Lipinski definition) is 1. The number of anilines is 1. The van der Waals surface area contributed by atoms with Gasteiger partial charge in [0.25, 0.3) is 0 Å². The van der Waals surface area contributed by atoms with Gasteiger partial charge in [0.15, 0.2) is 0 Å². The normalized spacial score (nSPS) is 10.2. The first kappa shape index (κ1) is 13.5. The fourth-order valence-electron chi connectivity index (χ4n) is 1.96. The van der Waals surface area contributed by atoms with Crippen LogP contribution in [0.2, 0.25) is 0 Å². The predicted octanol–water partition coefficient (Wildman–Crippen LogP) is 4.18. The molecule has 2 aromatic carbocycles. The van der Waals surface area contributed by atoms with E-state index in [4.69, 9.17) is 4.74 Å². The molecule has 0 aromatic heterocycles. The highest BCUT2D eigenvalue weighted by Gasteiger charge is 1.96. The third-order valence-corrected chi connectivity index (χ3v) is 3.04. The zero-order valence-electron chi connectivity index (χ0n) is 11.6. The maximum Gasteiger partial charge on any atom is 0.119 e. The number of rotatable bonds is 6. The van der Waals surface area contributed by atoms with Crippen LogP contribution in [0.25, 0.3) is 0 Å². The van der Waals surface area contributed by atoms with E-state index in [-0.39, 0.29) is 0 Å². The molecular formula is C17H21NO. The minimum absolute atomic E-state index is 0.738. The molecular weight excluding hydrogens is 234 g/mol. The summed E-state index contributed by atoms with van der Waals surface area (Å²) in [6.45, 7) is 5.86. The van der Waals surface area contributed by atoms with Crippen molar-refractivity contribution in [3.05, 3.63) is 59.7 Å². The predicted molar refractivity (Wildman–Crippen MR) is 81.0 cm³/mol. The van der Waals surface area contributed by atoms with Crippen molar-refractivity contribution in [3.8, 4) is 5.75 Å². The molecule has 2 aromatic rings. The van der Waals surface area contributed by atoms with E-state index < -0.39 is 0 Å². The Bertz CT molecular complexity index is 522. The molecule has 0 atom stereocenters. The van der Waals surface area contributed by atoms with Crippen LogP contribution < -0.4 is 10.1 Å². The number of para-hydroxylation sites is 1. The van der Waals surface area contributed by atoms with E-state index in [0.29, 0.717) is 0 Å². The second kappa shape index (κ2) is 6.83. The third-order valence-electron chi connectivity index (χ3n) is 3.04. The molecule has 0 heterocycles. The highest BCUT2D eigenvalue weighted by molar-refractivity contribution is 5.50. The van der Waals surface area contributed by atoms with Crippen LogP contribution in [0.4, 0.5) is 5.69 Å². The summed E-state index contributed by atoms with van der Waals surface area (Å²) in [6.07, 6.45) is 0.988. The topological polar surface area (TPSA) is 21.3 Å².